The van der Waals surface area contributed by atoms with Crippen molar-refractivity contribution in [3.8, 4) is 0 Å². The minimum atomic E-state index is -1.36. The number of rotatable bonds is 30. The molecule has 9 amide bonds. The number of primary amides is 1. The van der Waals surface area contributed by atoms with E-state index in [-0.39, 0.29) is 50.0 Å². The Labute approximate surface area is 438 Å². The van der Waals surface area contributed by atoms with Gasteiger partial charge in [-0.1, -0.05) is 64.1 Å². The minimum Gasteiger partial charge on any atom is -0.480 e. The Kier molecular flexibility index (Phi) is 23.3. The number of fused-ring (bicyclic) bond motifs is 1. The number of carbonyl (C=O) groups excluding carboxylic acids is 9. The van der Waals surface area contributed by atoms with Gasteiger partial charge in [0.15, 0.2) is 0 Å². The number of para-hydroxylation sites is 1. The van der Waals surface area contributed by atoms with Crippen molar-refractivity contribution in [1.29, 1.82) is 0 Å². The van der Waals surface area contributed by atoms with Gasteiger partial charge in [-0.25, -0.2) is 15.6 Å². The molecule has 0 spiro atoms. The van der Waals surface area contributed by atoms with Crippen molar-refractivity contribution in [2.45, 2.75) is 115 Å². The first-order valence-corrected chi connectivity index (χ1v) is 25.7. The SMILES string of the molecule is CSCC[C@@H](C(=O)O)N(N)C(=O)[C@H](CC(C)C)NC(=O)[C@H](Cc1c[nH]cn1)NC(=O)CNC(=O)[C@@H](NC(=O)[C@H](C)NC(=O)[C@H](Cc1c[nH]c2ccccc12)NC(=O)[C@H](CCC(N)=O)NC(=O)c1ccccc1)C(C)C. The molecule has 4 rings (SSSR count). The number of thioether (sulfide) groups is 1. The van der Waals surface area contributed by atoms with Gasteiger partial charge in [-0.3, -0.25) is 48.2 Å². The fourth-order valence-electron chi connectivity index (χ4n) is 7.83. The maximum absolute atomic E-state index is 14.1. The number of carboxylic acids is 1. The first kappa shape index (κ1) is 59.8. The van der Waals surface area contributed by atoms with E-state index in [9.17, 15) is 53.1 Å². The summed E-state index contributed by atoms with van der Waals surface area (Å²) in [4.78, 5) is 143. The molecule has 0 fully saturated rings. The molecule has 0 aliphatic heterocycles. The molecule has 4 aromatic rings. The Morgan fingerprint density at radius 2 is 1.36 bits per heavy atom. The Balaban J connectivity index is 1.45. The van der Waals surface area contributed by atoms with Crippen LogP contribution < -0.4 is 48.8 Å². The van der Waals surface area contributed by atoms with Crippen LogP contribution in [0.1, 0.15) is 81.9 Å². The molecule has 24 nitrogen and oxygen atoms in total. The van der Waals surface area contributed by atoms with Gasteiger partial charge in [0.25, 0.3) is 11.8 Å². The first-order valence-electron chi connectivity index (χ1n) is 24.3. The Morgan fingerprint density at radius 1 is 0.720 bits per heavy atom. The summed E-state index contributed by atoms with van der Waals surface area (Å²) in [7, 11) is 0. The van der Waals surface area contributed by atoms with Gasteiger partial charge in [-0.05, 0) is 73.8 Å². The van der Waals surface area contributed by atoms with Crippen LogP contribution >= 0.6 is 11.8 Å². The molecular weight excluding hydrogens is 991 g/mol. The summed E-state index contributed by atoms with van der Waals surface area (Å²) >= 11 is 1.37. The van der Waals surface area contributed by atoms with Crippen molar-refractivity contribution in [2.75, 3.05) is 18.6 Å². The summed E-state index contributed by atoms with van der Waals surface area (Å²) in [6.45, 7) is 7.55. The second-order valence-corrected chi connectivity index (χ2v) is 19.6. The van der Waals surface area contributed by atoms with E-state index in [0.717, 1.165) is 10.9 Å². The molecule has 0 aliphatic rings. The van der Waals surface area contributed by atoms with Crippen molar-refractivity contribution in [3.05, 3.63) is 90.1 Å². The second-order valence-electron chi connectivity index (χ2n) is 18.7. The molecule has 14 N–H and O–H groups in total. The third-order valence-corrected chi connectivity index (χ3v) is 12.5. The van der Waals surface area contributed by atoms with Crippen LogP contribution in [0, 0.1) is 11.8 Å². The zero-order valence-corrected chi connectivity index (χ0v) is 43.6. The largest absolute Gasteiger partial charge is 0.480 e. The highest BCUT2D eigenvalue weighted by atomic mass is 32.2. The van der Waals surface area contributed by atoms with E-state index in [0.29, 0.717) is 22.0 Å². The summed E-state index contributed by atoms with van der Waals surface area (Å²) in [5.41, 5.74) is 7.39. The van der Waals surface area contributed by atoms with E-state index in [4.69, 9.17) is 11.6 Å². The van der Waals surface area contributed by atoms with Crippen molar-refractivity contribution >= 4 is 81.8 Å². The summed E-state index contributed by atoms with van der Waals surface area (Å²) in [6, 6.07) is 6.15. The van der Waals surface area contributed by atoms with E-state index < -0.39 is 114 Å². The van der Waals surface area contributed by atoms with Crippen molar-refractivity contribution < 1.29 is 53.1 Å². The fraction of sp³-hybridized carbons (Fsp3) is 0.460. The van der Waals surface area contributed by atoms with Crippen LogP contribution in [0.2, 0.25) is 0 Å². The fourth-order valence-corrected chi connectivity index (χ4v) is 8.29. The molecule has 25 heteroatoms. The lowest BCUT2D eigenvalue weighted by Gasteiger charge is -2.30. The number of nitrogens with one attached hydrogen (secondary N) is 9. The number of carbonyl (C=O) groups is 10. The van der Waals surface area contributed by atoms with Crippen LogP contribution in [0.15, 0.2) is 73.3 Å². The van der Waals surface area contributed by atoms with E-state index in [2.05, 4.69) is 52.2 Å². The van der Waals surface area contributed by atoms with Crippen LogP contribution in [0.3, 0.4) is 0 Å². The summed E-state index contributed by atoms with van der Waals surface area (Å²) in [5.74, 6) is -2.59. The van der Waals surface area contributed by atoms with Gasteiger partial charge in [-0.2, -0.15) is 11.8 Å². The molecule has 0 bridgehead atoms. The average Bonchev–Trinajstić information content (AvgIpc) is 4.05. The maximum Gasteiger partial charge on any atom is 0.328 e. The number of aliphatic carboxylic acids is 1. The number of amides is 9. The maximum atomic E-state index is 14.1. The minimum absolute atomic E-state index is 0.0548. The number of carboxylic acid groups (broad SMARTS) is 1. The number of hydrogen-bond donors (Lipinski definition) is 12. The predicted octanol–water partition coefficient (Wildman–Crippen LogP) is -0.0889. The number of hydrogen-bond acceptors (Lipinski definition) is 13. The first-order chi connectivity index (χ1) is 35.6. The molecule has 0 saturated carbocycles. The summed E-state index contributed by atoms with van der Waals surface area (Å²) in [6.07, 6.45) is 5.75. The molecule has 0 saturated heterocycles. The molecule has 2 heterocycles. The third-order valence-electron chi connectivity index (χ3n) is 11.9. The Bertz CT molecular complexity index is 2610. The smallest absolute Gasteiger partial charge is 0.328 e. The van der Waals surface area contributed by atoms with Crippen molar-refractivity contribution in [3.63, 3.8) is 0 Å². The number of nitrogens with zero attached hydrogens (tertiary/aromatic N) is 2. The highest BCUT2D eigenvalue weighted by Gasteiger charge is 2.36. The monoisotopic (exact) mass is 1060 g/mol. The molecule has 2 aromatic heterocycles. The standard InChI is InChI=1S/C50H69N13O11S/c1-27(2)20-38(49(72)63(52)39(50(73)74)18-19-75-6)61-47(70)37(22-32-24-53-26-56-32)58-41(65)25-55-48(71)42(28(3)4)62-43(66)29(5)57-46(69)36(21-31-23-54-34-15-11-10-14-33(31)34)60-45(68)35(16-17-40(51)64)59-44(67)30-12-8-7-9-13-30/h7-15,23-24,26-29,35-39,42,54H,16-22,25,52H2,1-6H3,(H2,51,64)(H,53,56)(H,55,71)(H,57,69)(H,58,65)(H,59,67)(H,60,68)(H,61,70)(H,62,66)(H,73,74)/t29-,35-,36-,37-,38-,39-,42-/m0/s1. The number of imidazole rings is 1. The number of hydrazine groups is 1. The normalized spacial score (nSPS) is 14.0. The number of nitrogens with two attached hydrogens (primary N) is 2. The van der Waals surface area contributed by atoms with E-state index in [1.54, 1.807) is 64.4 Å². The van der Waals surface area contributed by atoms with Crippen molar-refractivity contribution in [1.82, 2.24) is 57.2 Å². The van der Waals surface area contributed by atoms with Crippen LogP contribution in [0.5, 0.6) is 0 Å². The number of H-pyrrole nitrogens is 2. The highest BCUT2D eigenvalue weighted by Crippen LogP contribution is 2.20. The van der Waals surface area contributed by atoms with Crippen molar-refractivity contribution in [2.24, 2.45) is 23.4 Å². The van der Waals surface area contributed by atoms with Gasteiger partial charge in [0.2, 0.25) is 41.4 Å². The lowest BCUT2D eigenvalue weighted by atomic mass is 10.0. The quantitative estimate of drug-likeness (QED) is 0.0185. The molecule has 0 aliphatic carbocycles. The van der Waals surface area contributed by atoms with E-state index in [1.807, 2.05) is 18.2 Å². The number of aromatic amines is 2. The lowest BCUT2D eigenvalue weighted by molar-refractivity contribution is -0.152. The van der Waals surface area contributed by atoms with E-state index in [1.165, 1.54) is 43.3 Å². The van der Waals surface area contributed by atoms with Crippen LogP contribution in [-0.2, 0) is 56.0 Å². The molecule has 75 heavy (non-hydrogen) atoms. The van der Waals surface area contributed by atoms with Gasteiger partial charge in [0.1, 0.15) is 42.3 Å². The van der Waals surface area contributed by atoms with E-state index >= 15 is 0 Å². The van der Waals surface area contributed by atoms with Gasteiger partial charge in [-0.15, -0.1) is 0 Å². The van der Waals surface area contributed by atoms with Gasteiger partial charge in [0.05, 0.1) is 18.6 Å². The summed E-state index contributed by atoms with van der Waals surface area (Å²) in [5, 5.41) is 29.3. The second kappa shape index (κ2) is 29.2. The Morgan fingerprint density at radius 3 is 1.99 bits per heavy atom. The number of benzene rings is 2. The molecule has 0 radical (unpaired) electrons. The molecule has 406 valence electrons. The van der Waals surface area contributed by atoms with Gasteiger partial charge < -0.3 is 58.0 Å². The molecule has 0 unspecified atom stereocenters. The van der Waals surface area contributed by atoms with Gasteiger partial charge >= 0.3 is 5.97 Å². The Hall–Kier alpha value is -7.80. The average molecular weight is 1060 g/mol. The van der Waals surface area contributed by atoms with Crippen LogP contribution in [0.4, 0.5) is 0 Å². The van der Waals surface area contributed by atoms with Gasteiger partial charge in [0, 0.05) is 48.1 Å². The third kappa shape index (κ3) is 18.6. The molecule has 2 aromatic carbocycles. The zero-order chi connectivity index (χ0) is 55.4. The number of aromatic nitrogens is 3. The molecule has 7 atom stereocenters. The topological polar surface area (TPSA) is 375 Å². The molecular formula is C50H69N13O11S. The van der Waals surface area contributed by atoms with Crippen LogP contribution in [-0.4, -0.2) is 145 Å². The van der Waals surface area contributed by atoms with Crippen LogP contribution in [0.25, 0.3) is 10.9 Å². The lowest BCUT2D eigenvalue weighted by Crippen LogP contribution is -2.60. The predicted molar refractivity (Wildman–Crippen MR) is 279 cm³/mol. The highest BCUT2D eigenvalue weighted by molar-refractivity contribution is 7.98. The summed E-state index contributed by atoms with van der Waals surface area (Å²) < 4.78 is 0. The zero-order valence-electron chi connectivity index (χ0n) is 42.8.